The summed E-state index contributed by atoms with van der Waals surface area (Å²) in [4.78, 5) is 54.1. The van der Waals surface area contributed by atoms with Gasteiger partial charge in [-0.25, -0.2) is 14.6 Å². The lowest BCUT2D eigenvalue weighted by molar-refractivity contribution is -0.141. The number of rotatable bonds is 5. The number of aliphatic carboxylic acids is 1. The van der Waals surface area contributed by atoms with Crippen molar-refractivity contribution in [2.45, 2.75) is 65.0 Å². The zero-order valence-corrected chi connectivity index (χ0v) is 18.0. The highest BCUT2D eigenvalue weighted by Gasteiger charge is 2.43. The van der Waals surface area contributed by atoms with Gasteiger partial charge in [0, 0.05) is 32.6 Å². The first-order chi connectivity index (χ1) is 14.0. The van der Waals surface area contributed by atoms with Crippen molar-refractivity contribution < 1.29 is 24.3 Å². The maximum atomic E-state index is 12.7. The summed E-state index contributed by atoms with van der Waals surface area (Å²) in [5.74, 6) is -1.75. The number of carboxylic acid groups (broad SMARTS) is 1. The Morgan fingerprint density at radius 3 is 2.63 bits per heavy atom. The summed E-state index contributed by atoms with van der Waals surface area (Å²) in [6.45, 7) is 8.10. The maximum Gasteiger partial charge on any atom is 0.317 e. The fourth-order valence-corrected chi connectivity index (χ4v) is 5.71. The fraction of sp³-hybridized carbons (Fsp3) is 0.810. The van der Waals surface area contributed by atoms with E-state index in [1.165, 1.54) is 0 Å². The summed E-state index contributed by atoms with van der Waals surface area (Å²) in [7, 11) is 0. The molecule has 3 aliphatic rings. The van der Waals surface area contributed by atoms with Crippen molar-refractivity contribution in [3.63, 3.8) is 0 Å². The van der Waals surface area contributed by atoms with Gasteiger partial charge >= 0.3 is 12.0 Å². The van der Waals surface area contributed by atoms with Crippen LogP contribution < -0.4 is 5.32 Å². The minimum atomic E-state index is -0.945. The number of amides is 3. The lowest BCUT2D eigenvalue weighted by Crippen LogP contribution is -2.48. The molecule has 4 atom stereocenters. The smallest absolute Gasteiger partial charge is 0.317 e. The van der Waals surface area contributed by atoms with Crippen LogP contribution in [-0.2, 0) is 14.4 Å². The molecule has 2 aliphatic heterocycles. The van der Waals surface area contributed by atoms with Gasteiger partial charge in [-0.3, -0.25) is 9.59 Å². The van der Waals surface area contributed by atoms with Crippen molar-refractivity contribution in [2.24, 2.45) is 21.7 Å². The molecule has 30 heavy (non-hydrogen) atoms. The summed E-state index contributed by atoms with van der Waals surface area (Å²) >= 11 is 0. The Bertz CT molecular complexity index is 762. The van der Waals surface area contributed by atoms with Gasteiger partial charge in [-0.05, 0) is 36.5 Å². The molecule has 3 rings (SSSR count). The van der Waals surface area contributed by atoms with Gasteiger partial charge in [0.15, 0.2) is 0 Å². The first kappa shape index (κ1) is 22.3. The molecule has 0 spiro atoms. The number of carbonyl (C=O) groups is 3. The molecule has 0 aromatic carbocycles. The summed E-state index contributed by atoms with van der Waals surface area (Å²) in [6.07, 6.45) is 4.86. The molecule has 1 saturated carbocycles. The molecule has 166 valence electrons. The molecule has 3 fully saturated rings. The van der Waals surface area contributed by atoms with Crippen LogP contribution in [0.1, 0.15) is 52.9 Å². The van der Waals surface area contributed by atoms with Gasteiger partial charge < -0.3 is 20.2 Å². The van der Waals surface area contributed by atoms with E-state index in [0.717, 1.165) is 19.3 Å². The Labute approximate surface area is 176 Å². The lowest BCUT2D eigenvalue weighted by atomic mass is 9.63. The molecule has 0 aromatic rings. The van der Waals surface area contributed by atoms with E-state index in [4.69, 9.17) is 5.11 Å². The van der Waals surface area contributed by atoms with E-state index < -0.39 is 11.9 Å². The molecule has 0 aromatic heterocycles. The molecule has 1 aliphatic carbocycles. The van der Waals surface area contributed by atoms with Gasteiger partial charge in [0.25, 0.3) is 0 Å². The molecular weight excluding hydrogens is 388 g/mol. The number of nitrogens with one attached hydrogen (secondary N) is 1. The second-order valence-electron chi connectivity index (χ2n) is 10.3. The van der Waals surface area contributed by atoms with Crippen LogP contribution in [0.25, 0.3) is 0 Å². The van der Waals surface area contributed by atoms with E-state index in [-0.39, 0.29) is 47.8 Å². The van der Waals surface area contributed by atoms with Crippen LogP contribution in [0.4, 0.5) is 4.79 Å². The van der Waals surface area contributed by atoms with E-state index in [1.54, 1.807) is 15.9 Å². The first-order valence-corrected chi connectivity index (χ1v) is 10.6. The van der Waals surface area contributed by atoms with E-state index in [0.29, 0.717) is 26.1 Å². The maximum absolute atomic E-state index is 12.7. The topological polar surface area (TPSA) is 119 Å². The monoisotopic (exact) mass is 420 g/mol. The Morgan fingerprint density at radius 2 is 2.00 bits per heavy atom. The van der Waals surface area contributed by atoms with Gasteiger partial charge in [0.2, 0.25) is 12.0 Å². The number of hydrogen-bond acceptors (Lipinski definition) is 5. The van der Waals surface area contributed by atoms with Gasteiger partial charge in [0.05, 0.1) is 18.0 Å². The van der Waals surface area contributed by atoms with Crippen LogP contribution in [0.3, 0.4) is 0 Å². The second-order valence-corrected chi connectivity index (χ2v) is 10.3. The molecule has 0 radical (unpaired) electrons. The quantitative estimate of drug-likeness (QED) is 0.517. The van der Waals surface area contributed by atoms with Crippen molar-refractivity contribution in [2.75, 3.05) is 26.2 Å². The highest BCUT2D eigenvalue weighted by atomic mass is 16.4. The van der Waals surface area contributed by atoms with E-state index in [1.807, 2.05) is 0 Å². The minimum absolute atomic E-state index is 0.0261. The molecule has 2 heterocycles. The Morgan fingerprint density at radius 1 is 1.27 bits per heavy atom. The van der Waals surface area contributed by atoms with Crippen LogP contribution >= 0.6 is 0 Å². The summed E-state index contributed by atoms with van der Waals surface area (Å²) in [5.41, 5.74) is -0.139. The molecule has 2 N–H and O–H groups in total. The number of isocyanates is 1. The van der Waals surface area contributed by atoms with Crippen molar-refractivity contribution in [3.8, 4) is 0 Å². The fourth-order valence-electron chi connectivity index (χ4n) is 5.71. The SMILES string of the molecule is CC1(C)CC(N=C=O)CC(C)(CNC(=O)N2CCC(N3CC(C(=O)O)CC3=O)C2)C1. The second kappa shape index (κ2) is 8.38. The van der Waals surface area contributed by atoms with Gasteiger partial charge in [-0.2, -0.15) is 0 Å². The summed E-state index contributed by atoms with van der Waals surface area (Å²) < 4.78 is 0. The van der Waals surface area contributed by atoms with E-state index in [9.17, 15) is 19.2 Å². The van der Waals surface area contributed by atoms with E-state index >= 15 is 0 Å². The minimum Gasteiger partial charge on any atom is -0.481 e. The average molecular weight is 421 g/mol. The van der Waals surface area contributed by atoms with Crippen molar-refractivity contribution in [1.29, 1.82) is 0 Å². The van der Waals surface area contributed by atoms with Crippen LogP contribution in [0, 0.1) is 16.7 Å². The van der Waals surface area contributed by atoms with Crippen LogP contribution in [0.5, 0.6) is 0 Å². The van der Waals surface area contributed by atoms with E-state index in [2.05, 4.69) is 31.1 Å². The zero-order chi connectivity index (χ0) is 22.1. The van der Waals surface area contributed by atoms with Crippen LogP contribution in [0.2, 0.25) is 0 Å². The standard InChI is InChI=1S/C21H32N4O5/c1-20(2)7-15(23-13-26)8-21(3,11-20)12-22-19(30)24-5-4-16(10-24)25-9-14(18(28)29)6-17(25)27/h14-16H,4-12H2,1-3H3,(H,22,30)(H,28,29). The van der Waals surface area contributed by atoms with Gasteiger partial charge in [-0.1, -0.05) is 20.8 Å². The Balaban J connectivity index is 1.54. The predicted molar refractivity (Wildman–Crippen MR) is 108 cm³/mol. The molecule has 4 unspecified atom stereocenters. The number of carbonyl (C=O) groups excluding carboxylic acids is 3. The number of aliphatic imine (C=N–C) groups is 1. The predicted octanol–water partition coefficient (Wildman–Crippen LogP) is 1.62. The number of nitrogens with zero attached hydrogens (tertiary/aromatic N) is 3. The average Bonchev–Trinajstić information content (AvgIpc) is 3.25. The molecule has 9 nitrogen and oxygen atoms in total. The number of carboxylic acids is 1. The van der Waals surface area contributed by atoms with Crippen molar-refractivity contribution >= 4 is 24.0 Å². The molecule has 2 saturated heterocycles. The van der Waals surface area contributed by atoms with Crippen LogP contribution in [0.15, 0.2) is 4.99 Å². The molecular formula is C21H32N4O5. The van der Waals surface area contributed by atoms with Gasteiger partial charge in [0.1, 0.15) is 0 Å². The van der Waals surface area contributed by atoms with Crippen LogP contribution in [-0.4, -0.2) is 77.2 Å². The van der Waals surface area contributed by atoms with Gasteiger partial charge in [-0.15, -0.1) is 0 Å². The number of hydrogen-bond donors (Lipinski definition) is 2. The van der Waals surface area contributed by atoms with Crippen molar-refractivity contribution in [1.82, 2.24) is 15.1 Å². The molecule has 3 amide bonds. The zero-order valence-electron chi connectivity index (χ0n) is 18.0. The third-order valence-corrected chi connectivity index (χ3v) is 6.72. The Hall–Kier alpha value is -2.41. The number of likely N-dealkylation sites (tertiary alicyclic amines) is 2. The first-order valence-electron chi connectivity index (χ1n) is 10.6. The molecule has 0 bridgehead atoms. The third kappa shape index (κ3) is 5.01. The molecule has 9 heteroatoms. The third-order valence-electron chi connectivity index (χ3n) is 6.72. The largest absolute Gasteiger partial charge is 0.481 e. The summed E-state index contributed by atoms with van der Waals surface area (Å²) in [6, 6.07) is -0.366. The normalized spacial score (nSPS) is 33.3. The summed E-state index contributed by atoms with van der Waals surface area (Å²) in [5, 5.41) is 12.2. The Kier molecular flexibility index (Phi) is 6.22. The lowest BCUT2D eigenvalue weighted by Gasteiger charge is -2.45. The number of urea groups is 1. The highest BCUT2D eigenvalue weighted by Crippen LogP contribution is 2.46. The van der Waals surface area contributed by atoms with Crippen molar-refractivity contribution in [3.05, 3.63) is 0 Å². The highest BCUT2D eigenvalue weighted by molar-refractivity contribution is 5.86.